The van der Waals surface area contributed by atoms with Crippen LogP contribution in [0.3, 0.4) is 0 Å². The van der Waals surface area contributed by atoms with Crippen molar-refractivity contribution in [2.75, 3.05) is 6.61 Å². The Kier molecular flexibility index (Phi) is 5.25. The molecule has 0 aromatic carbocycles. The fourth-order valence-electron chi connectivity index (χ4n) is 7.58. The summed E-state index contributed by atoms with van der Waals surface area (Å²) in [5.41, 5.74) is 1.10. The summed E-state index contributed by atoms with van der Waals surface area (Å²) in [5, 5.41) is 9.44. The number of allylic oxidation sites excluding steroid dienone is 1. The number of ketones is 2. The molecule has 1 unspecified atom stereocenters. The topological polar surface area (TPSA) is 80.7 Å². The first-order valence-electron chi connectivity index (χ1n) is 11.3. The Labute approximate surface area is 173 Å². The largest absolute Gasteiger partial charge is 0.454 e. The van der Waals surface area contributed by atoms with Gasteiger partial charge in [0.2, 0.25) is 0 Å². The molecule has 29 heavy (non-hydrogen) atoms. The van der Waals surface area contributed by atoms with Crippen molar-refractivity contribution in [1.29, 1.82) is 0 Å². The molecule has 4 aliphatic rings. The van der Waals surface area contributed by atoms with Crippen LogP contribution in [0.4, 0.5) is 0 Å². The van der Waals surface area contributed by atoms with Crippen LogP contribution >= 0.6 is 0 Å². The molecular formula is C24H34O5. The zero-order valence-corrected chi connectivity index (χ0v) is 17.9. The lowest BCUT2D eigenvalue weighted by Gasteiger charge is -2.58. The molecule has 7 atom stereocenters. The molecule has 0 aromatic rings. The van der Waals surface area contributed by atoms with Crippen molar-refractivity contribution < 1.29 is 24.2 Å². The van der Waals surface area contributed by atoms with E-state index >= 15 is 0 Å². The van der Waals surface area contributed by atoms with Crippen LogP contribution in [-0.4, -0.2) is 35.4 Å². The predicted octanol–water partition coefficient (Wildman–Crippen LogP) is 3.63. The molecule has 0 bridgehead atoms. The third-order valence-electron chi connectivity index (χ3n) is 9.09. The van der Waals surface area contributed by atoms with E-state index in [1.54, 1.807) is 13.0 Å². The first-order valence-corrected chi connectivity index (χ1v) is 11.3. The quantitative estimate of drug-likeness (QED) is 0.727. The average Bonchev–Trinajstić information content (AvgIpc) is 3.05. The number of carbonyl (C=O) groups excluding carboxylic acids is 3. The highest BCUT2D eigenvalue weighted by Crippen LogP contribution is 2.66. The molecule has 0 radical (unpaired) electrons. The van der Waals surface area contributed by atoms with E-state index in [2.05, 4.69) is 13.8 Å². The number of aliphatic hydroxyl groups is 1. The molecule has 0 saturated heterocycles. The van der Waals surface area contributed by atoms with Crippen LogP contribution in [-0.2, 0) is 19.1 Å². The standard InChI is InChI=1S/C24H34O5/c1-4-22(28)29-21-12-24(3)14(11-19(21)26)5-6-15-16-7-8-18(20(27)13-25)23(16,2)10-9-17(15)24/h11,15-18,21,25H,4-10,12-13H2,1-3H3/t15-,16-,17-,18+,21?,23-,24-/m0/s1. The minimum absolute atomic E-state index is 0.00543. The SMILES string of the molecule is CCC(=O)OC1C[C@@]2(C)C(=CC1=O)CC[C@H]1[C@@H]3CC[C@H](C(=O)CO)[C@@]3(C)CC[C@@H]12. The first-order chi connectivity index (χ1) is 13.7. The summed E-state index contributed by atoms with van der Waals surface area (Å²) in [4.78, 5) is 36.8. The van der Waals surface area contributed by atoms with Crippen molar-refractivity contribution in [3.63, 3.8) is 0 Å². The van der Waals surface area contributed by atoms with Gasteiger partial charge >= 0.3 is 5.97 Å². The number of hydrogen-bond acceptors (Lipinski definition) is 5. The van der Waals surface area contributed by atoms with Gasteiger partial charge in [-0.3, -0.25) is 14.4 Å². The highest BCUT2D eigenvalue weighted by atomic mass is 16.5. The fourth-order valence-corrected chi connectivity index (χ4v) is 7.58. The Morgan fingerprint density at radius 1 is 1.17 bits per heavy atom. The highest BCUT2D eigenvalue weighted by Gasteiger charge is 2.60. The molecule has 0 aliphatic heterocycles. The minimum atomic E-state index is -0.657. The van der Waals surface area contributed by atoms with Crippen LogP contribution in [0.25, 0.3) is 0 Å². The van der Waals surface area contributed by atoms with Gasteiger partial charge in [0, 0.05) is 18.8 Å². The highest BCUT2D eigenvalue weighted by molar-refractivity contribution is 5.96. The molecule has 0 spiro atoms. The third kappa shape index (κ3) is 3.11. The summed E-state index contributed by atoms with van der Waals surface area (Å²) in [6, 6.07) is 0. The summed E-state index contributed by atoms with van der Waals surface area (Å²) >= 11 is 0. The van der Waals surface area contributed by atoms with Gasteiger partial charge in [-0.2, -0.15) is 0 Å². The zero-order valence-electron chi connectivity index (χ0n) is 17.9. The van der Waals surface area contributed by atoms with Crippen LogP contribution in [0, 0.1) is 34.5 Å². The molecule has 0 heterocycles. The van der Waals surface area contributed by atoms with E-state index in [4.69, 9.17) is 4.74 Å². The van der Waals surface area contributed by atoms with E-state index in [1.807, 2.05) is 0 Å². The second-order valence-corrected chi connectivity index (χ2v) is 10.2. The van der Waals surface area contributed by atoms with Crippen LogP contribution in [0.1, 0.15) is 72.1 Å². The van der Waals surface area contributed by atoms with Crippen molar-refractivity contribution in [2.45, 2.75) is 78.2 Å². The first kappa shape index (κ1) is 20.8. The van der Waals surface area contributed by atoms with Gasteiger partial charge in [-0.15, -0.1) is 0 Å². The third-order valence-corrected chi connectivity index (χ3v) is 9.09. The lowest BCUT2D eigenvalue weighted by molar-refractivity contribution is -0.158. The Bertz CT molecular complexity index is 754. The fraction of sp³-hybridized carbons (Fsp3) is 0.792. The second kappa shape index (κ2) is 7.33. The van der Waals surface area contributed by atoms with E-state index in [-0.39, 0.29) is 47.3 Å². The molecule has 3 fully saturated rings. The number of fused-ring (bicyclic) bond motifs is 5. The molecule has 160 valence electrons. The maximum absolute atomic E-state index is 12.6. The van der Waals surface area contributed by atoms with Gasteiger partial charge in [0.15, 0.2) is 17.7 Å². The van der Waals surface area contributed by atoms with Crippen molar-refractivity contribution >= 4 is 17.5 Å². The number of rotatable bonds is 4. The number of hydrogen-bond donors (Lipinski definition) is 1. The Balaban J connectivity index is 1.61. The lowest BCUT2D eigenvalue weighted by Crippen LogP contribution is -2.53. The van der Waals surface area contributed by atoms with E-state index in [0.29, 0.717) is 24.2 Å². The predicted molar refractivity (Wildman–Crippen MR) is 108 cm³/mol. The molecular weight excluding hydrogens is 368 g/mol. The summed E-state index contributed by atoms with van der Waals surface area (Å²) in [5.74, 6) is 1.10. The van der Waals surface area contributed by atoms with Crippen molar-refractivity contribution in [2.24, 2.45) is 34.5 Å². The van der Waals surface area contributed by atoms with Gasteiger partial charge in [0.25, 0.3) is 0 Å². The number of Topliss-reactive ketones (excluding diaryl/α,β-unsaturated/α-hetero) is 1. The van der Waals surface area contributed by atoms with Gasteiger partial charge in [0.1, 0.15) is 6.61 Å². The van der Waals surface area contributed by atoms with Gasteiger partial charge < -0.3 is 9.84 Å². The van der Waals surface area contributed by atoms with E-state index in [1.165, 1.54) is 5.57 Å². The molecule has 5 nitrogen and oxygen atoms in total. The molecule has 0 aromatic heterocycles. The smallest absolute Gasteiger partial charge is 0.306 e. The number of esters is 1. The van der Waals surface area contributed by atoms with Crippen molar-refractivity contribution in [3.8, 4) is 0 Å². The van der Waals surface area contributed by atoms with Crippen LogP contribution in [0.2, 0.25) is 0 Å². The second-order valence-electron chi connectivity index (χ2n) is 10.2. The van der Waals surface area contributed by atoms with Crippen molar-refractivity contribution in [1.82, 2.24) is 0 Å². The van der Waals surface area contributed by atoms with Gasteiger partial charge in [-0.1, -0.05) is 26.3 Å². The maximum atomic E-state index is 12.6. The Hall–Kier alpha value is -1.49. The van der Waals surface area contributed by atoms with Crippen LogP contribution < -0.4 is 0 Å². The molecule has 1 N–H and O–H groups in total. The average molecular weight is 403 g/mol. The molecule has 4 rings (SSSR count). The molecule has 3 saturated carbocycles. The summed E-state index contributed by atoms with van der Waals surface area (Å²) in [7, 11) is 0. The van der Waals surface area contributed by atoms with E-state index in [0.717, 1.165) is 38.5 Å². The van der Waals surface area contributed by atoms with E-state index < -0.39 is 6.10 Å². The molecule has 5 heteroatoms. The molecule has 0 amide bonds. The van der Waals surface area contributed by atoms with Gasteiger partial charge in [-0.25, -0.2) is 0 Å². The van der Waals surface area contributed by atoms with Gasteiger partial charge in [-0.05, 0) is 73.2 Å². The summed E-state index contributed by atoms with van der Waals surface area (Å²) in [6.07, 6.45) is 7.94. The normalized spacial score (nSPS) is 43.7. The number of aliphatic hydroxyl groups excluding tert-OH is 1. The van der Waals surface area contributed by atoms with Crippen molar-refractivity contribution in [3.05, 3.63) is 11.6 Å². The van der Waals surface area contributed by atoms with Crippen LogP contribution in [0.5, 0.6) is 0 Å². The minimum Gasteiger partial charge on any atom is -0.454 e. The lowest BCUT2D eigenvalue weighted by atomic mass is 9.46. The number of carbonyl (C=O) groups is 3. The van der Waals surface area contributed by atoms with E-state index in [9.17, 15) is 19.5 Å². The molecule has 4 aliphatic carbocycles. The van der Waals surface area contributed by atoms with Crippen LogP contribution in [0.15, 0.2) is 11.6 Å². The maximum Gasteiger partial charge on any atom is 0.306 e. The zero-order chi connectivity index (χ0) is 21.0. The monoisotopic (exact) mass is 402 g/mol. The van der Waals surface area contributed by atoms with Gasteiger partial charge in [0.05, 0.1) is 0 Å². The Morgan fingerprint density at radius 3 is 2.62 bits per heavy atom. The summed E-state index contributed by atoms with van der Waals surface area (Å²) in [6.45, 7) is 5.94. The Morgan fingerprint density at radius 2 is 1.93 bits per heavy atom. The summed E-state index contributed by atoms with van der Waals surface area (Å²) < 4.78 is 5.51. The number of ether oxygens (including phenoxy) is 1.